The molecule has 1 aromatic heterocycles. The molecule has 1 amide bonds. The first-order valence-corrected chi connectivity index (χ1v) is 6.70. The number of nitro benzene ring substituents is 1. The van der Waals surface area contributed by atoms with E-state index in [0.29, 0.717) is 0 Å². The van der Waals surface area contributed by atoms with Crippen molar-refractivity contribution in [1.82, 2.24) is 4.98 Å². The first kappa shape index (κ1) is 16.1. The minimum atomic E-state index is -0.749. The maximum absolute atomic E-state index is 12.2. The summed E-state index contributed by atoms with van der Waals surface area (Å²) in [5.74, 6) is -1.34. The van der Waals surface area contributed by atoms with Crippen LogP contribution in [0, 0.1) is 10.1 Å². The third-order valence-corrected chi connectivity index (χ3v) is 2.92. The molecule has 1 N–H and O–H groups in total. The highest BCUT2D eigenvalue weighted by Gasteiger charge is 2.24. The van der Waals surface area contributed by atoms with Crippen molar-refractivity contribution in [3.05, 3.63) is 64.0 Å². The predicted octanol–water partition coefficient (Wildman–Crippen LogP) is 2.42. The number of benzene rings is 1. The lowest BCUT2D eigenvalue weighted by Crippen LogP contribution is -2.17. The van der Waals surface area contributed by atoms with Crippen LogP contribution in [0.3, 0.4) is 0 Å². The fourth-order valence-corrected chi connectivity index (χ4v) is 1.89. The van der Waals surface area contributed by atoms with Crippen molar-refractivity contribution in [2.45, 2.75) is 6.92 Å². The van der Waals surface area contributed by atoms with E-state index < -0.39 is 22.5 Å². The molecule has 0 saturated carbocycles. The molecule has 0 aliphatic rings. The van der Waals surface area contributed by atoms with Gasteiger partial charge in [0.2, 0.25) is 0 Å². The van der Waals surface area contributed by atoms with Gasteiger partial charge in [-0.25, -0.2) is 4.79 Å². The fraction of sp³-hybridized carbons (Fsp3) is 0.133. The van der Waals surface area contributed by atoms with Gasteiger partial charge in [-0.15, -0.1) is 0 Å². The number of nitrogens with one attached hydrogen (secondary N) is 1. The van der Waals surface area contributed by atoms with Crippen molar-refractivity contribution in [3.8, 4) is 0 Å². The van der Waals surface area contributed by atoms with Crippen molar-refractivity contribution in [3.63, 3.8) is 0 Å². The Morgan fingerprint density at radius 1 is 1.26 bits per heavy atom. The third-order valence-electron chi connectivity index (χ3n) is 2.92. The molecule has 2 rings (SSSR count). The van der Waals surface area contributed by atoms with E-state index in [9.17, 15) is 19.7 Å². The van der Waals surface area contributed by atoms with E-state index in [1.54, 1.807) is 6.92 Å². The number of nitro groups is 1. The maximum Gasteiger partial charge on any atom is 0.340 e. The summed E-state index contributed by atoms with van der Waals surface area (Å²) in [6.45, 7) is 1.73. The molecule has 0 spiro atoms. The van der Waals surface area contributed by atoms with E-state index in [2.05, 4.69) is 10.3 Å². The number of ether oxygens (including phenoxy) is 1. The monoisotopic (exact) mass is 315 g/mol. The number of carbonyl (C=O) groups excluding carboxylic acids is 2. The van der Waals surface area contributed by atoms with Gasteiger partial charge in [-0.1, -0.05) is 6.07 Å². The Morgan fingerprint density at radius 3 is 2.57 bits per heavy atom. The van der Waals surface area contributed by atoms with Crippen molar-refractivity contribution < 1.29 is 19.2 Å². The molecule has 23 heavy (non-hydrogen) atoms. The molecular formula is C15H13N3O5. The summed E-state index contributed by atoms with van der Waals surface area (Å²) in [5.41, 5.74) is -0.410. The zero-order valence-corrected chi connectivity index (χ0v) is 12.2. The Hall–Kier alpha value is -3.29. The Labute approximate surface area is 131 Å². The molecule has 0 radical (unpaired) electrons. The smallest absolute Gasteiger partial charge is 0.340 e. The number of hydrogen-bond donors (Lipinski definition) is 1. The highest BCUT2D eigenvalue weighted by atomic mass is 16.6. The predicted molar refractivity (Wildman–Crippen MR) is 81.2 cm³/mol. The van der Waals surface area contributed by atoms with Crippen LogP contribution in [0.25, 0.3) is 0 Å². The highest BCUT2D eigenvalue weighted by Crippen LogP contribution is 2.29. The highest BCUT2D eigenvalue weighted by molar-refractivity contribution is 6.09. The van der Waals surface area contributed by atoms with Crippen LogP contribution in [0.15, 0.2) is 42.7 Å². The van der Waals surface area contributed by atoms with Gasteiger partial charge >= 0.3 is 5.97 Å². The average Bonchev–Trinajstić information content (AvgIpc) is 2.55. The molecule has 2 aromatic rings. The van der Waals surface area contributed by atoms with Crippen molar-refractivity contribution >= 4 is 23.3 Å². The molecule has 8 nitrogen and oxygen atoms in total. The second-order valence-electron chi connectivity index (χ2n) is 4.37. The molecule has 0 aliphatic carbocycles. The minimum absolute atomic E-state index is 0.0801. The lowest BCUT2D eigenvalue weighted by molar-refractivity contribution is -0.383. The van der Waals surface area contributed by atoms with E-state index in [0.717, 1.165) is 0 Å². The summed E-state index contributed by atoms with van der Waals surface area (Å²) in [6, 6.07) is 6.81. The number of rotatable bonds is 5. The fourth-order valence-electron chi connectivity index (χ4n) is 1.89. The molecule has 1 heterocycles. The van der Waals surface area contributed by atoms with Gasteiger partial charge in [-0.05, 0) is 25.1 Å². The number of anilines is 1. The normalized spacial score (nSPS) is 9.96. The summed E-state index contributed by atoms with van der Waals surface area (Å²) in [4.78, 5) is 38.4. The average molecular weight is 315 g/mol. The van der Waals surface area contributed by atoms with Crippen molar-refractivity contribution in [2.75, 3.05) is 11.9 Å². The SMILES string of the molecule is CCOC(=O)c1cccc([N+](=O)[O-])c1NC(=O)c1ccncc1. The standard InChI is InChI=1S/C15H13N3O5/c1-2-23-15(20)11-4-3-5-12(18(21)22)13(11)17-14(19)10-6-8-16-9-7-10/h3-9H,2H2,1H3,(H,17,19). The molecule has 0 saturated heterocycles. The summed E-state index contributed by atoms with van der Waals surface area (Å²) in [6.07, 6.45) is 2.83. The molecule has 118 valence electrons. The zero-order chi connectivity index (χ0) is 16.8. The van der Waals surface area contributed by atoms with Crippen LogP contribution < -0.4 is 5.32 Å². The van der Waals surface area contributed by atoms with E-state index in [4.69, 9.17) is 4.74 Å². The third kappa shape index (κ3) is 3.67. The van der Waals surface area contributed by atoms with E-state index in [1.165, 1.54) is 42.7 Å². The van der Waals surface area contributed by atoms with Crippen molar-refractivity contribution in [2.24, 2.45) is 0 Å². The quantitative estimate of drug-likeness (QED) is 0.515. The summed E-state index contributed by atoms with van der Waals surface area (Å²) in [5, 5.41) is 13.6. The lowest BCUT2D eigenvalue weighted by Gasteiger charge is -2.10. The number of hydrogen-bond acceptors (Lipinski definition) is 6. The van der Waals surface area contributed by atoms with Crippen LogP contribution in [0.5, 0.6) is 0 Å². The van der Waals surface area contributed by atoms with Gasteiger partial charge in [0.05, 0.1) is 17.1 Å². The number of aromatic nitrogens is 1. The number of amides is 1. The van der Waals surface area contributed by atoms with E-state index >= 15 is 0 Å². The molecule has 0 bridgehead atoms. The first-order chi connectivity index (χ1) is 11.0. The molecule has 0 unspecified atom stereocenters. The summed E-state index contributed by atoms with van der Waals surface area (Å²) < 4.78 is 4.87. The molecular weight excluding hydrogens is 302 g/mol. The van der Waals surface area contributed by atoms with Crippen LogP contribution in [-0.4, -0.2) is 28.4 Å². The van der Waals surface area contributed by atoms with Crippen LogP contribution in [0.4, 0.5) is 11.4 Å². The van der Waals surface area contributed by atoms with E-state index in [-0.39, 0.29) is 23.4 Å². The van der Waals surface area contributed by atoms with Crippen molar-refractivity contribution in [1.29, 1.82) is 0 Å². The Morgan fingerprint density at radius 2 is 1.96 bits per heavy atom. The summed E-state index contributed by atoms with van der Waals surface area (Å²) in [7, 11) is 0. The van der Waals surface area contributed by atoms with Crippen LogP contribution in [-0.2, 0) is 4.74 Å². The number of pyridine rings is 1. The van der Waals surface area contributed by atoms with Gasteiger partial charge in [0.25, 0.3) is 11.6 Å². The van der Waals surface area contributed by atoms with Crippen LogP contribution >= 0.6 is 0 Å². The Bertz CT molecular complexity index is 746. The maximum atomic E-state index is 12.2. The zero-order valence-electron chi connectivity index (χ0n) is 12.2. The molecule has 0 fully saturated rings. The minimum Gasteiger partial charge on any atom is -0.462 e. The van der Waals surface area contributed by atoms with Gasteiger partial charge in [0, 0.05) is 24.0 Å². The second-order valence-corrected chi connectivity index (χ2v) is 4.37. The summed E-state index contributed by atoms with van der Waals surface area (Å²) >= 11 is 0. The Balaban J connectivity index is 2.44. The number of carbonyl (C=O) groups is 2. The number of nitrogens with zero attached hydrogens (tertiary/aromatic N) is 2. The number of para-hydroxylation sites is 1. The molecule has 0 atom stereocenters. The van der Waals surface area contributed by atoms with Crippen LogP contribution in [0.2, 0.25) is 0 Å². The van der Waals surface area contributed by atoms with Gasteiger partial charge in [0.15, 0.2) is 0 Å². The van der Waals surface area contributed by atoms with E-state index in [1.807, 2.05) is 0 Å². The van der Waals surface area contributed by atoms with Gasteiger partial charge in [-0.3, -0.25) is 19.9 Å². The molecule has 0 aliphatic heterocycles. The lowest BCUT2D eigenvalue weighted by atomic mass is 10.1. The topological polar surface area (TPSA) is 111 Å². The first-order valence-electron chi connectivity index (χ1n) is 6.70. The van der Waals surface area contributed by atoms with Crippen LogP contribution in [0.1, 0.15) is 27.6 Å². The molecule has 1 aromatic carbocycles. The second kappa shape index (κ2) is 7.12. The Kier molecular flexibility index (Phi) is 4.98. The molecule has 8 heteroatoms. The largest absolute Gasteiger partial charge is 0.462 e. The van der Waals surface area contributed by atoms with Gasteiger partial charge in [-0.2, -0.15) is 0 Å². The van der Waals surface area contributed by atoms with Gasteiger partial charge in [0.1, 0.15) is 5.69 Å². The number of esters is 1. The van der Waals surface area contributed by atoms with Gasteiger partial charge < -0.3 is 10.1 Å².